The van der Waals surface area contributed by atoms with Crippen molar-refractivity contribution in [3.05, 3.63) is 29.8 Å². The maximum Gasteiger partial charge on any atom is 0.262 e. The van der Waals surface area contributed by atoms with Gasteiger partial charge in [-0.3, -0.25) is 25.0 Å². The Kier molecular flexibility index (Phi) is 4.60. The van der Waals surface area contributed by atoms with E-state index < -0.39 is 0 Å². The van der Waals surface area contributed by atoms with Crippen LogP contribution < -0.4 is 10.7 Å². The van der Waals surface area contributed by atoms with E-state index in [2.05, 4.69) is 15.7 Å². The minimum atomic E-state index is -0.0647. The second-order valence-corrected chi connectivity index (χ2v) is 6.13. The number of carbonyl (C=O) groups excluding carboxylic acids is 2. The zero-order valence-corrected chi connectivity index (χ0v) is 13.3. The summed E-state index contributed by atoms with van der Waals surface area (Å²) in [5, 5.41) is 4.43. The number of amides is 2. The Hall–Kier alpha value is -2.37. The molecule has 2 aliphatic rings. The van der Waals surface area contributed by atoms with E-state index in [1.807, 2.05) is 24.3 Å². The van der Waals surface area contributed by atoms with Crippen LogP contribution in [0.3, 0.4) is 0 Å². The highest BCUT2D eigenvalue weighted by molar-refractivity contribution is 6.03. The van der Waals surface area contributed by atoms with Gasteiger partial charge in [-0.2, -0.15) is 0 Å². The minimum absolute atomic E-state index is 0.0647. The van der Waals surface area contributed by atoms with Crippen LogP contribution in [0.15, 0.2) is 29.3 Å². The van der Waals surface area contributed by atoms with Gasteiger partial charge in [-0.1, -0.05) is 19.3 Å². The van der Waals surface area contributed by atoms with Crippen LogP contribution in [0.25, 0.3) is 0 Å². The summed E-state index contributed by atoms with van der Waals surface area (Å²) >= 11 is 0. The van der Waals surface area contributed by atoms with Gasteiger partial charge in [0.25, 0.3) is 5.91 Å². The van der Waals surface area contributed by atoms with Crippen LogP contribution in [0.4, 0.5) is 5.69 Å². The van der Waals surface area contributed by atoms with E-state index in [-0.39, 0.29) is 24.3 Å². The Balaban J connectivity index is 1.63. The van der Waals surface area contributed by atoms with Crippen molar-refractivity contribution in [2.45, 2.75) is 32.1 Å². The molecule has 0 radical (unpaired) electrons. The molecule has 0 aromatic heterocycles. The lowest BCUT2D eigenvalue weighted by molar-refractivity contribution is -0.130. The number of nitrogens with zero attached hydrogens (tertiary/aromatic N) is 2. The SMILES string of the molecule is CN1NC(c2ccc(NC(=O)C3CCCCC3)cc2)=NCC1=O. The van der Waals surface area contributed by atoms with Gasteiger partial charge in [0, 0.05) is 24.2 Å². The first-order chi connectivity index (χ1) is 11.1. The smallest absolute Gasteiger partial charge is 0.262 e. The van der Waals surface area contributed by atoms with Crippen molar-refractivity contribution in [1.82, 2.24) is 10.4 Å². The fourth-order valence-electron chi connectivity index (χ4n) is 2.99. The summed E-state index contributed by atoms with van der Waals surface area (Å²) in [6, 6.07) is 7.53. The molecule has 0 atom stereocenters. The number of nitrogens with one attached hydrogen (secondary N) is 2. The molecule has 0 spiro atoms. The highest BCUT2D eigenvalue weighted by Gasteiger charge is 2.21. The van der Waals surface area contributed by atoms with E-state index >= 15 is 0 Å². The topological polar surface area (TPSA) is 73.8 Å². The van der Waals surface area contributed by atoms with E-state index in [1.165, 1.54) is 11.4 Å². The van der Waals surface area contributed by atoms with E-state index in [0.29, 0.717) is 5.84 Å². The van der Waals surface area contributed by atoms with Crippen LogP contribution in [-0.4, -0.2) is 36.3 Å². The molecule has 122 valence electrons. The lowest BCUT2D eigenvalue weighted by Crippen LogP contribution is -2.48. The van der Waals surface area contributed by atoms with Gasteiger partial charge in [-0.05, 0) is 37.1 Å². The number of likely N-dealkylation sites (N-methyl/N-ethyl adjacent to an activating group) is 1. The summed E-state index contributed by atoms with van der Waals surface area (Å²) in [5.74, 6) is 0.866. The molecule has 1 aliphatic heterocycles. The molecule has 3 rings (SSSR count). The van der Waals surface area contributed by atoms with Crippen molar-refractivity contribution >= 4 is 23.3 Å². The highest BCUT2D eigenvalue weighted by Crippen LogP contribution is 2.25. The molecule has 2 amide bonds. The lowest BCUT2D eigenvalue weighted by atomic mass is 9.88. The van der Waals surface area contributed by atoms with Crippen molar-refractivity contribution < 1.29 is 9.59 Å². The van der Waals surface area contributed by atoms with Crippen molar-refractivity contribution in [3.63, 3.8) is 0 Å². The highest BCUT2D eigenvalue weighted by atomic mass is 16.2. The van der Waals surface area contributed by atoms with Crippen molar-refractivity contribution in [3.8, 4) is 0 Å². The van der Waals surface area contributed by atoms with Crippen LogP contribution in [-0.2, 0) is 9.59 Å². The number of carbonyl (C=O) groups is 2. The fraction of sp³-hybridized carbons (Fsp3) is 0.471. The summed E-state index contributed by atoms with van der Waals surface area (Å²) in [5.41, 5.74) is 4.63. The molecule has 0 bridgehead atoms. The lowest BCUT2D eigenvalue weighted by Gasteiger charge is -2.24. The standard InChI is InChI=1S/C17H22N4O2/c1-21-15(22)11-18-16(20-21)12-7-9-14(10-8-12)19-17(23)13-5-3-2-4-6-13/h7-10,13H,2-6,11H2,1H3,(H,18,20)(H,19,23). The number of rotatable bonds is 3. The number of anilines is 1. The van der Waals surface area contributed by atoms with E-state index in [4.69, 9.17) is 0 Å². The third-order valence-electron chi connectivity index (χ3n) is 4.42. The van der Waals surface area contributed by atoms with E-state index in [9.17, 15) is 9.59 Å². The van der Waals surface area contributed by atoms with Crippen LogP contribution in [0.1, 0.15) is 37.7 Å². The molecular weight excluding hydrogens is 292 g/mol. The summed E-state index contributed by atoms with van der Waals surface area (Å²) in [7, 11) is 1.68. The molecule has 1 aromatic carbocycles. The summed E-state index contributed by atoms with van der Waals surface area (Å²) in [4.78, 5) is 27.9. The zero-order valence-electron chi connectivity index (χ0n) is 13.3. The third-order valence-corrected chi connectivity index (χ3v) is 4.42. The van der Waals surface area contributed by atoms with E-state index in [0.717, 1.165) is 36.9 Å². The molecule has 1 aliphatic carbocycles. The van der Waals surface area contributed by atoms with Crippen LogP contribution in [0, 0.1) is 5.92 Å². The Morgan fingerprint density at radius 3 is 2.57 bits per heavy atom. The quantitative estimate of drug-likeness (QED) is 0.895. The fourth-order valence-corrected chi connectivity index (χ4v) is 2.99. The Morgan fingerprint density at radius 1 is 1.22 bits per heavy atom. The average molecular weight is 314 g/mol. The van der Waals surface area contributed by atoms with Crippen molar-refractivity contribution in [2.75, 3.05) is 18.9 Å². The first-order valence-corrected chi connectivity index (χ1v) is 8.12. The largest absolute Gasteiger partial charge is 0.326 e. The number of amidine groups is 1. The number of hydrogen-bond donors (Lipinski definition) is 2. The monoisotopic (exact) mass is 314 g/mol. The van der Waals surface area contributed by atoms with Gasteiger partial charge < -0.3 is 5.32 Å². The van der Waals surface area contributed by atoms with Gasteiger partial charge in [0.15, 0.2) is 0 Å². The van der Waals surface area contributed by atoms with Crippen LogP contribution in [0.5, 0.6) is 0 Å². The molecule has 1 fully saturated rings. The van der Waals surface area contributed by atoms with Gasteiger partial charge in [-0.15, -0.1) is 0 Å². The van der Waals surface area contributed by atoms with Gasteiger partial charge in [-0.25, -0.2) is 0 Å². The first kappa shape index (κ1) is 15.5. The first-order valence-electron chi connectivity index (χ1n) is 8.12. The summed E-state index contributed by atoms with van der Waals surface area (Å²) < 4.78 is 0. The summed E-state index contributed by atoms with van der Waals surface area (Å²) in [6.45, 7) is 0.152. The molecule has 2 N–H and O–H groups in total. The van der Waals surface area contributed by atoms with Gasteiger partial charge >= 0.3 is 0 Å². The Bertz CT molecular complexity index is 618. The predicted octanol–water partition coefficient (Wildman–Crippen LogP) is 1.93. The maximum absolute atomic E-state index is 12.2. The predicted molar refractivity (Wildman–Crippen MR) is 89.0 cm³/mol. The summed E-state index contributed by atoms with van der Waals surface area (Å²) in [6.07, 6.45) is 5.52. The maximum atomic E-state index is 12.2. The number of hydrogen-bond acceptors (Lipinski definition) is 4. The molecule has 1 heterocycles. The molecule has 23 heavy (non-hydrogen) atoms. The molecular formula is C17H22N4O2. The van der Waals surface area contributed by atoms with Crippen LogP contribution >= 0.6 is 0 Å². The Morgan fingerprint density at radius 2 is 1.91 bits per heavy atom. The molecule has 1 aromatic rings. The molecule has 0 saturated heterocycles. The van der Waals surface area contributed by atoms with Gasteiger partial charge in [0.2, 0.25) is 5.91 Å². The number of hydrazine groups is 1. The number of benzene rings is 1. The third kappa shape index (κ3) is 3.70. The molecule has 6 nitrogen and oxygen atoms in total. The molecule has 0 unspecified atom stereocenters. The Labute approximate surface area is 135 Å². The van der Waals surface area contributed by atoms with Crippen molar-refractivity contribution in [2.24, 2.45) is 10.9 Å². The van der Waals surface area contributed by atoms with E-state index in [1.54, 1.807) is 7.05 Å². The second kappa shape index (κ2) is 6.81. The molecule has 1 saturated carbocycles. The molecule has 6 heteroatoms. The second-order valence-electron chi connectivity index (χ2n) is 6.13. The van der Waals surface area contributed by atoms with Gasteiger partial charge in [0.1, 0.15) is 12.4 Å². The van der Waals surface area contributed by atoms with Crippen LogP contribution in [0.2, 0.25) is 0 Å². The normalized spacial score (nSPS) is 19.1. The minimum Gasteiger partial charge on any atom is -0.326 e. The number of aliphatic imine (C=N–C) groups is 1. The van der Waals surface area contributed by atoms with Crippen molar-refractivity contribution in [1.29, 1.82) is 0 Å². The zero-order chi connectivity index (χ0) is 16.2. The average Bonchev–Trinajstić information content (AvgIpc) is 2.59. The van der Waals surface area contributed by atoms with Gasteiger partial charge in [0.05, 0.1) is 0 Å².